The monoisotopic (exact) mass is 171 g/mol. The molecule has 0 aliphatic heterocycles. The highest BCUT2D eigenvalue weighted by molar-refractivity contribution is 5.26. The Morgan fingerprint density at radius 3 is 2.31 bits per heavy atom. The number of nitrogens with zero attached hydrogens (tertiary/aromatic N) is 2. The first-order valence-corrected chi connectivity index (χ1v) is 3.86. The minimum atomic E-state index is 0.616. The van der Waals surface area contributed by atoms with Gasteiger partial charge in [0.05, 0.1) is 12.4 Å². The van der Waals surface area contributed by atoms with E-state index in [0.717, 1.165) is 5.75 Å². The highest BCUT2D eigenvalue weighted by Crippen LogP contribution is 2.17. The normalized spacial score (nSPS) is 9.54. The van der Waals surface area contributed by atoms with Crippen LogP contribution in [0.1, 0.15) is 0 Å². The Labute approximate surface area is 76.0 Å². The zero-order valence-electron chi connectivity index (χ0n) is 6.84. The summed E-state index contributed by atoms with van der Waals surface area (Å²) in [5.74, 6) is 1.39. The van der Waals surface area contributed by atoms with Gasteiger partial charge in [0.25, 0.3) is 0 Å². The summed E-state index contributed by atoms with van der Waals surface area (Å²) >= 11 is 0. The molecule has 0 N–H and O–H groups in total. The summed E-state index contributed by atoms with van der Waals surface area (Å²) < 4.78 is 5.43. The van der Waals surface area contributed by atoms with Gasteiger partial charge in [-0.05, 0) is 12.1 Å². The van der Waals surface area contributed by atoms with Crippen LogP contribution < -0.4 is 4.74 Å². The van der Waals surface area contributed by atoms with E-state index >= 15 is 0 Å². The van der Waals surface area contributed by atoms with Crippen molar-refractivity contribution in [2.75, 3.05) is 0 Å². The van der Waals surface area contributed by atoms with E-state index in [-0.39, 0.29) is 0 Å². The zero-order chi connectivity index (χ0) is 8.93. The fourth-order valence-electron chi connectivity index (χ4n) is 0.929. The van der Waals surface area contributed by atoms with Crippen molar-refractivity contribution in [3.05, 3.63) is 49.1 Å². The Bertz CT molecular complexity index is 324. The number of rotatable bonds is 2. The van der Waals surface area contributed by atoms with Gasteiger partial charge < -0.3 is 4.74 Å². The van der Waals surface area contributed by atoms with E-state index in [9.17, 15) is 0 Å². The minimum Gasteiger partial charge on any atom is -0.454 e. The van der Waals surface area contributed by atoms with Crippen molar-refractivity contribution in [1.29, 1.82) is 0 Å². The van der Waals surface area contributed by atoms with Crippen molar-refractivity contribution in [1.82, 2.24) is 9.97 Å². The Morgan fingerprint density at radius 2 is 1.62 bits per heavy atom. The molecule has 3 nitrogen and oxygen atoms in total. The third-order valence-electron chi connectivity index (χ3n) is 1.48. The molecule has 0 aliphatic carbocycles. The van der Waals surface area contributed by atoms with Crippen molar-refractivity contribution in [3.63, 3.8) is 0 Å². The molecule has 0 unspecified atom stereocenters. The summed E-state index contributed by atoms with van der Waals surface area (Å²) in [5.41, 5.74) is 0. The van der Waals surface area contributed by atoms with Crippen LogP contribution in [0.4, 0.5) is 0 Å². The van der Waals surface area contributed by atoms with Gasteiger partial charge in [0.2, 0.25) is 0 Å². The van der Waals surface area contributed by atoms with Gasteiger partial charge in [-0.3, -0.25) is 0 Å². The lowest BCUT2D eigenvalue weighted by molar-refractivity contribution is 0.477. The van der Waals surface area contributed by atoms with Gasteiger partial charge in [-0.2, -0.15) is 0 Å². The van der Waals surface area contributed by atoms with Crippen LogP contribution in [-0.4, -0.2) is 9.97 Å². The maximum absolute atomic E-state index is 5.43. The van der Waals surface area contributed by atoms with E-state index in [1.807, 2.05) is 30.3 Å². The summed E-state index contributed by atoms with van der Waals surface area (Å²) in [7, 11) is 0. The lowest BCUT2D eigenvalue weighted by Gasteiger charge is -2.02. The number of benzene rings is 1. The minimum absolute atomic E-state index is 0.616. The molecule has 1 aromatic carbocycles. The first-order valence-electron chi connectivity index (χ1n) is 3.86. The van der Waals surface area contributed by atoms with Gasteiger partial charge in [-0.25, -0.2) is 9.97 Å². The van der Waals surface area contributed by atoms with Crippen LogP contribution in [0.25, 0.3) is 0 Å². The van der Waals surface area contributed by atoms with Crippen LogP contribution >= 0.6 is 0 Å². The van der Waals surface area contributed by atoms with Crippen LogP contribution in [0.15, 0.2) is 42.7 Å². The fourth-order valence-corrected chi connectivity index (χ4v) is 0.929. The van der Waals surface area contributed by atoms with E-state index in [1.54, 1.807) is 12.4 Å². The molecule has 63 valence electrons. The molecule has 0 spiro atoms. The Kier molecular flexibility index (Phi) is 2.18. The lowest BCUT2D eigenvalue weighted by Crippen LogP contribution is -1.85. The Hall–Kier alpha value is -1.90. The van der Waals surface area contributed by atoms with Crippen LogP contribution in [-0.2, 0) is 0 Å². The molecule has 0 bridgehead atoms. The van der Waals surface area contributed by atoms with Crippen LogP contribution in [0.3, 0.4) is 0 Å². The molecule has 3 heteroatoms. The SMILES string of the molecule is [c]1ncc(Oc2ccccc2)cn1. The standard InChI is InChI=1S/C10H7N2O/c1-2-4-9(5-3-1)13-10-6-11-8-12-7-10/h1-7H. The largest absolute Gasteiger partial charge is 0.454 e. The maximum atomic E-state index is 5.43. The number of hydrogen-bond acceptors (Lipinski definition) is 3. The molecule has 13 heavy (non-hydrogen) atoms. The number of ether oxygens (including phenoxy) is 1. The third-order valence-corrected chi connectivity index (χ3v) is 1.48. The van der Waals surface area contributed by atoms with Gasteiger partial charge in [-0.1, -0.05) is 18.2 Å². The molecule has 0 saturated carbocycles. The van der Waals surface area contributed by atoms with Crippen molar-refractivity contribution >= 4 is 0 Å². The van der Waals surface area contributed by atoms with Gasteiger partial charge in [0.1, 0.15) is 5.75 Å². The molecule has 0 saturated heterocycles. The van der Waals surface area contributed by atoms with Crippen LogP contribution in [0.2, 0.25) is 0 Å². The summed E-state index contributed by atoms with van der Waals surface area (Å²) in [6, 6.07) is 9.49. The number of para-hydroxylation sites is 1. The molecule has 2 rings (SSSR count). The quantitative estimate of drug-likeness (QED) is 0.693. The first kappa shape index (κ1) is 7.73. The molecule has 1 heterocycles. The van der Waals surface area contributed by atoms with Crippen molar-refractivity contribution < 1.29 is 4.74 Å². The molecule has 0 fully saturated rings. The lowest BCUT2D eigenvalue weighted by atomic mass is 10.3. The molecule has 2 aromatic rings. The second-order valence-corrected chi connectivity index (χ2v) is 2.43. The van der Waals surface area contributed by atoms with Crippen molar-refractivity contribution in [3.8, 4) is 11.5 Å². The number of aromatic nitrogens is 2. The number of hydrogen-bond donors (Lipinski definition) is 0. The molecule has 0 aliphatic rings. The molecular weight excluding hydrogens is 164 g/mol. The third kappa shape index (κ3) is 2.02. The molecule has 0 atom stereocenters. The van der Waals surface area contributed by atoms with Crippen LogP contribution in [0, 0.1) is 6.33 Å². The zero-order valence-corrected chi connectivity index (χ0v) is 6.84. The molecule has 1 aromatic heterocycles. The highest BCUT2D eigenvalue weighted by Gasteiger charge is 1.94. The fraction of sp³-hybridized carbons (Fsp3) is 0. The molecule has 1 radical (unpaired) electrons. The second kappa shape index (κ2) is 3.67. The second-order valence-electron chi connectivity index (χ2n) is 2.43. The van der Waals surface area contributed by atoms with Gasteiger partial charge >= 0.3 is 0 Å². The van der Waals surface area contributed by atoms with Gasteiger partial charge in [0.15, 0.2) is 12.1 Å². The van der Waals surface area contributed by atoms with Crippen molar-refractivity contribution in [2.24, 2.45) is 0 Å². The van der Waals surface area contributed by atoms with E-state index in [2.05, 4.69) is 16.3 Å². The topological polar surface area (TPSA) is 35.0 Å². The average molecular weight is 171 g/mol. The molecule has 0 amide bonds. The Morgan fingerprint density at radius 1 is 0.923 bits per heavy atom. The van der Waals surface area contributed by atoms with E-state index in [1.165, 1.54) is 0 Å². The highest BCUT2D eigenvalue weighted by atomic mass is 16.5. The first-order chi connectivity index (χ1) is 6.45. The average Bonchev–Trinajstić information content (AvgIpc) is 2.21. The van der Waals surface area contributed by atoms with Crippen molar-refractivity contribution in [2.45, 2.75) is 0 Å². The summed E-state index contributed by atoms with van der Waals surface area (Å²) in [4.78, 5) is 7.44. The predicted molar refractivity (Wildman–Crippen MR) is 47.4 cm³/mol. The predicted octanol–water partition coefficient (Wildman–Crippen LogP) is 2.07. The maximum Gasteiger partial charge on any atom is 0.197 e. The smallest absolute Gasteiger partial charge is 0.197 e. The van der Waals surface area contributed by atoms with Gasteiger partial charge in [0, 0.05) is 0 Å². The Balaban J connectivity index is 2.16. The summed E-state index contributed by atoms with van der Waals surface area (Å²) in [5, 5.41) is 0. The van der Waals surface area contributed by atoms with E-state index in [4.69, 9.17) is 4.74 Å². The summed E-state index contributed by atoms with van der Waals surface area (Å²) in [6.07, 6.45) is 5.58. The van der Waals surface area contributed by atoms with Gasteiger partial charge in [-0.15, -0.1) is 0 Å². The van der Waals surface area contributed by atoms with E-state index < -0.39 is 0 Å². The molecular formula is C10H7N2O. The van der Waals surface area contributed by atoms with Crippen LogP contribution in [0.5, 0.6) is 11.5 Å². The van der Waals surface area contributed by atoms with E-state index in [0.29, 0.717) is 5.75 Å². The summed E-state index contributed by atoms with van der Waals surface area (Å²) in [6.45, 7) is 0.